The van der Waals surface area contributed by atoms with Crippen LogP contribution < -0.4 is 10.2 Å². The van der Waals surface area contributed by atoms with Crippen LogP contribution in [0.3, 0.4) is 0 Å². The van der Waals surface area contributed by atoms with Crippen molar-refractivity contribution in [1.29, 1.82) is 0 Å². The summed E-state index contributed by atoms with van der Waals surface area (Å²) in [5.41, 5.74) is 0. The van der Waals surface area contributed by atoms with E-state index in [1.165, 1.54) is 0 Å². The van der Waals surface area contributed by atoms with Crippen molar-refractivity contribution in [1.82, 2.24) is 0 Å². The van der Waals surface area contributed by atoms with Gasteiger partial charge in [-0.3, -0.25) is 0 Å². The van der Waals surface area contributed by atoms with E-state index in [-0.39, 0.29) is 38.1 Å². The van der Waals surface area contributed by atoms with E-state index in [1.54, 1.807) is 0 Å². The van der Waals surface area contributed by atoms with E-state index in [2.05, 4.69) is 4.74 Å². The Labute approximate surface area is 105 Å². The van der Waals surface area contributed by atoms with E-state index < -0.39 is 36.3 Å². The number of hydrogen-bond acceptors (Lipinski definition) is 8. The molecule has 0 saturated heterocycles. The summed E-state index contributed by atoms with van der Waals surface area (Å²) >= 11 is 0. The molecule has 0 fully saturated rings. The molecule has 9 nitrogen and oxygen atoms in total. The van der Waals surface area contributed by atoms with Crippen molar-refractivity contribution in [2.75, 3.05) is 6.61 Å². The largest absolute Gasteiger partial charge is 4.00 e. The quantitative estimate of drug-likeness (QED) is 0.367. The summed E-state index contributed by atoms with van der Waals surface area (Å²) < 4.78 is 4.19. The summed E-state index contributed by atoms with van der Waals surface area (Å²) in [4.78, 5) is 10.4. The number of esters is 1. The van der Waals surface area contributed by atoms with E-state index in [1.807, 2.05) is 0 Å². The van der Waals surface area contributed by atoms with Gasteiger partial charge in [0.25, 0.3) is 0 Å². The molecule has 0 bridgehead atoms. The van der Waals surface area contributed by atoms with E-state index in [4.69, 9.17) is 10.2 Å². The Morgan fingerprint density at radius 3 is 2.06 bits per heavy atom. The molecule has 6 N–H and O–H groups in total. The molecule has 0 aromatic rings. The zero-order chi connectivity index (χ0) is 9.30. The summed E-state index contributed by atoms with van der Waals surface area (Å²) in [7, 11) is 0. The maximum absolute atomic E-state index is 10.7. The average Bonchev–Trinajstić information content (AvgIpc) is 2.32. The number of hydrogen-bond donors (Lipinski definition) is 2. The maximum atomic E-state index is 10.7. The minimum Gasteiger partial charge on any atom is -0.873 e. The maximum Gasteiger partial charge on any atom is 4.00 e. The monoisotopic (exact) mass is 274 g/mol. The van der Waals surface area contributed by atoms with E-state index >= 15 is 0 Å². The molecule has 92 valence electrons. The summed E-state index contributed by atoms with van der Waals surface area (Å²) in [6.07, 6.45) is -3.05. The number of rotatable bonds is 2. The van der Waals surface area contributed by atoms with Gasteiger partial charge in [0, 0.05) is 0 Å². The van der Waals surface area contributed by atoms with Crippen LogP contribution in [0.1, 0.15) is 0 Å². The molecule has 0 unspecified atom stereocenters. The average molecular weight is 274 g/mol. The van der Waals surface area contributed by atoms with Crippen LogP contribution >= 0.6 is 0 Å². The van der Waals surface area contributed by atoms with Crippen molar-refractivity contribution >= 4 is 5.97 Å². The molecular weight excluding hydrogens is 264 g/mol. The Morgan fingerprint density at radius 1 is 1.38 bits per heavy atom. The summed E-state index contributed by atoms with van der Waals surface area (Å²) in [5.74, 6) is -3.67. The van der Waals surface area contributed by atoms with Gasteiger partial charge in [0.2, 0.25) is 0 Å². The predicted octanol–water partition coefficient (Wildman–Crippen LogP) is -4.98. The zero-order valence-corrected chi connectivity index (χ0v) is 9.35. The third-order valence-corrected chi connectivity index (χ3v) is 1.44. The normalized spacial score (nSPS) is 19.4. The van der Waals surface area contributed by atoms with E-state index in [0.717, 1.165) is 0 Å². The molecule has 1 aliphatic rings. The molecule has 16 heavy (non-hydrogen) atoms. The smallest absolute Gasteiger partial charge is 0.873 e. The Kier molecular flexibility index (Phi) is 14.6. The van der Waals surface area contributed by atoms with Gasteiger partial charge >= 0.3 is 27.7 Å². The molecule has 0 aromatic carbocycles. The standard InChI is InChI=1S/C6H8O6.3H2O.Ti/c7-1-2(8)5-3(9)4(10)6(11)12-5;;;;/h2,5,7-10H,1H2;3*1H2;/q;;;;+4/p-4/t2-,5+;;;;/m0..../s1. The van der Waals surface area contributed by atoms with Crippen LogP contribution in [0.2, 0.25) is 0 Å². The van der Waals surface area contributed by atoms with Gasteiger partial charge < -0.3 is 41.6 Å². The third kappa shape index (κ3) is 4.45. The Hall–Kier alpha value is -0.676. The molecule has 10 heteroatoms. The second-order valence-electron chi connectivity index (χ2n) is 2.27. The molecule has 1 heterocycles. The van der Waals surface area contributed by atoms with Crippen molar-refractivity contribution in [3.8, 4) is 0 Å². The van der Waals surface area contributed by atoms with Gasteiger partial charge in [0.05, 0.1) is 6.61 Å². The summed E-state index contributed by atoms with van der Waals surface area (Å²) in [6.45, 7) is -0.739. The third-order valence-electron chi connectivity index (χ3n) is 1.44. The number of carbonyl (C=O) groups is 1. The fraction of sp³-hybridized carbons (Fsp3) is 0.500. The van der Waals surface area contributed by atoms with E-state index in [0.29, 0.717) is 0 Å². The molecular formula is C6H10O9Ti. The topological polar surface area (TPSA) is 204 Å². The van der Waals surface area contributed by atoms with Crippen LogP contribution in [0.5, 0.6) is 0 Å². The van der Waals surface area contributed by atoms with Crippen LogP contribution in [0.4, 0.5) is 0 Å². The molecule has 0 spiro atoms. The minimum absolute atomic E-state index is 0. The second-order valence-corrected chi connectivity index (χ2v) is 2.27. The molecule has 1 rings (SSSR count). The Morgan fingerprint density at radius 2 is 1.81 bits per heavy atom. The van der Waals surface area contributed by atoms with Crippen molar-refractivity contribution < 1.29 is 68.1 Å². The molecule has 2 atom stereocenters. The molecule has 0 amide bonds. The predicted molar refractivity (Wildman–Crippen MR) is 37.5 cm³/mol. The van der Waals surface area contributed by atoms with Crippen LogP contribution in [-0.2, 0) is 31.2 Å². The van der Waals surface area contributed by atoms with E-state index in [9.17, 15) is 15.0 Å². The van der Waals surface area contributed by atoms with Crippen molar-refractivity contribution in [3.63, 3.8) is 0 Å². The first-order valence-electron chi connectivity index (χ1n) is 3.16. The number of carbonyl (C=O) groups excluding carboxylic acids is 1. The van der Waals surface area contributed by atoms with Crippen LogP contribution in [0, 0.1) is 0 Å². The molecule has 0 saturated carbocycles. The Balaban J connectivity index is -0.000000180. The van der Waals surface area contributed by atoms with Gasteiger partial charge in [0.1, 0.15) is 12.2 Å². The first-order valence-corrected chi connectivity index (χ1v) is 3.16. The van der Waals surface area contributed by atoms with Gasteiger partial charge in [-0.25, -0.2) is 4.79 Å². The van der Waals surface area contributed by atoms with Crippen molar-refractivity contribution in [2.45, 2.75) is 12.2 Å². The first-order chi connectivity index (χ1) is 5.57. The second kappa shape index (κ2) is 9.54. The van der Waals surface area contributed by atoms with Gasteiger partial charge in [-0.15, -0.1) is 0 Å². The van der Waals surface area contributed by atoms with Crippen molar-refractivity contribution in [3.05, 3.63) is 11.5 Å². The molecule has 0 radical (unpaired) electrons. The molecule has 0 aliphatic carbocycles. The van der Waals surface area contributed by atoms with Gasteiger partial charge in [0.15, 0.2) is 0 Å². The molecule has 0 aromatic heterocycles. The first kappa shape index (κ1) is 24.5. The fourth-order valence-corrected chi connectivity index (χ4v) is 0.801. The van der Waals surface area contributed by atoms with Gasteiger partial charge in [-0.2, -0.15) is 0 Å². The minimum atomic E-state index is -1.53. The zero-order valence-electron chi connectivity index (χ0n) is 7.78. The van der Waals surface area contributed by atoms with Crippen LogP contribution in [0.15, 0.2) is 11.5 Å². The Bertz CT molecular complexity index is 240. The van der Waals surface area contributed by atoms with Crippen molar-refractivity contribution in [2.24, 2.45) is 0 Å². The summed E-state index contributed by atoms with van der Waals surface area (Å²) in [5, 5.41) is 38.5. The SMILES string of the molecule is O.O=C1O[C@H]([C@@H](O)CO)C([O-])=C1[O-].[OH-].[OH-].[Ti+4]. The fourth-order valence-electron chi connectivity index (χ4n) is 0.801. The number of ether oxygens (including phenoxy) is 1. The molecule has 1 aliphatic heterocycles. The van der Waals surface area contributed by atoms with Gasteiger partial charge in [-0.05, 0) is 5.76 Å². The number of cyclic esters (lactones) is 1. The van der Waals surface area contributed by atoms with Crippen LogP contribution in [-0.4, -0.2) is 51.4 Å². The summed E-state index contributed by atoms with van der Waals surface area (Å²) in [6, 6.07) is 0. The number of aliphatic hydroxyl groups excluding tert-OH is 2. The van der Waals surface area contributed by atoms with Gasteiger partial charge in [-0.1, -0.05) is 5.76 Å². The van der Waals surface area contributed by atoms with Crippen LogP contribution in [0.25, 0.3) is 0 Å². The number of aliphatic hydroxyl groups is 2.